The highest BCUT2D eigenvalue weighted by Crippen LogP contribution is 2.31. The Balaban J connectivity index is 1.78. The molecule has 2 heterocycles. The summed E-state index contributed by atoms with van der Waals surface area (Å²) in [5.74, 6) is -0.881. The van der Waals surface area contributed by atoms with Gasteiger partial charge in [-0.25, -0.2) is 9.37 Å². The van der Waals surface area contributed by atoms with Crippen LogP contribution in [0.15, 0.2) is 35.8 Å². The van der Waals surface area contributed by atoms with E-state index in [0.29, 0.717) is 13.1 Å². The van der Waals surface area contributed by atoms with Crippen LogP contribution in [0.4, 0.5) is 4.39 Å². The van der Waals surface area contributed by atoms with Gasteiger partial charge in [0.2, 0.25) is 5.91 Å². The van der Waals surface area contributed by atoms with Crippen molar-refractivity contribution in [3.63, 3.8) is 0 Å². The maximum Gasteiger partial charge on any atom is 0.256 e. The lowest BCUT2D eigenvalue weighted by Crippen LogP contribution is -2.45. The van der Waals surface area contributed by atoms with Gasteiger partial charge in [0.05, 0.1) is 11.6 Å². The third-order valence-electron chi connectivity index (χ3n) is 4.40. The molecular formula is C18H20FN3O2S. The van der Waals surface area contributed by atoms with E-state index in [0.717, 1.165) is 17.8 Å². The van der Waals surface area contributed by atoms with E-state index in [9.17, 15) is 14.0 Å². The Kier molecular flexibility index (Phi) is 5.43. The lowest BCUT2D eigenvalue weighted by Gasteiger charge is -2.36. The molecule has 1 aliphatic rings. The number of rotatable bonds is 4. The van der Waals surface area contributed by atoms with Crippen LogP contribution in [0.5, 0.6) is 0 Å². The van der Waals surface area contributed by atoms with Crippen LogP contribution >= 0.6 is 11.3 Å². The maximum absolute atomic E-state index is 13.9. The predicted molar refractivity (Wildman–Crippen MR) is 93.7 cm³/mol. The Morgan fingerprint density at radius 2 is 2.20 bits per heavy atom. The number of nitrogens with zero attached hydrogens (tertiary/aromatic N) is 2. The van der Waals surface area contributed by atoms with E-state index in [1.165, 1.54) is 30.4 Å². The normalized spacial score (nSPS) is 18.6. The second-order valence-electron chi connectivity index (χ2n) is 6.18. The standard InChI is InChI=1S/C18H20FN3O2S/c1-12(23)21-16(17-20-8-10-25-17)13-5-4-9-22(11-13)18(24)14-6-2-3-7-15(14)19/h2-3,6-8,10,13,16H,4-5,9,11H2,1H3,(H,21,23)/t13-,16-/m1/s1. The average Bonchev–Trinajstić information content (AvgIpc) is 3.14. The van der Waals surface area contributed by atoms with Gasteiger partial charge in [-0.1, -0.05) is 12.1 Å². The molecule has 1 fully saturated rings. The van der Waals surface area contributed by atoms with Crippen LogP contribution in [0, 0.1) is 11.7 Å². The Morgan fingerprint density at radius 1 is 1.40 bits per heavy atom. The van der Waals surface area contributed by atoms with Crippen LogP contribution in [0.3, 0.4) is 0 Å². The molecule has 2 aromatic rings. The fourth-order valence-corrected chi connectivity index (χ4v) is 4.04. The highest BCUT2D eigenvalue weighted by molar-refractivity contribution is 7.09. The first-order chi connectivity index (χ1) is 12.1. The predicted octanol–water partition coefficient (Wildman–Crippen LogP) is 3.01. The number of thiazole rings is 1. The Labute approximate surface area is 149 Å². The lowest BCUT2D eigenvalue weighted by atomic mass is 9.90. The zero-order valence-electron chi connectivity index (χ0n) is 13.9. The molecule has 0 spiro atoms. The summed E-state index contributed by atoms with van der Waals surface area (Å²) in [5, 5.41) is 5.66. The summed E-state index contributed by atoms with van der Waals surface area (Å²) >= 11 is 1.49. The topological polar surface area (TPSA) is 62.3 Å². The van der Waals surface area contributed by atoms with Crippen molar-refractivity contribution in [1.29, 1.82) is 0 Å². The molecule has 5 nitrogen and oxygen atoms in total. The molecule has 7 heteroatoms. The van der Waals surface area contributed by atoms with Crippen LogP contribution in [-0.2, 0) is 4.79 Å². The smallest absolute Gasteiger partial charge is 0.256 e. The fourth-order valence-electron chi connectivity index (χ4n) is 3.26. The number of likely N-dealkylation sites (tertiary alicyclic amines) is 1. The second kappa shape index (κ2) is 7.74. The Morgan fingerprint density at radius 3 is 2.88 bits per heavy atom. The monoisotopic (exact) mass is 361 g/mol. The number of carbonyl (C=O) groups excluding carboxylic acids is 2. The van der Waals surface area contributed by atoms with Crippen molar-refractivity contribution in [2.75, 3.05) is 13.1 Å². The van der Waals surface area contributed by atoms with E-state index in [1.54, 1.807) is 23.2 Å². The van der Waals surface area contributed by atoms with Crippen molar-refractivity contribution in [3.8, 4) is 0 Å². The highest BCUT2D eigenvalue weighted by atomic mass is 32.1. The first kappa shape index (κ1) is 17.5. The number of amides is 2. The zero-order valence-corrected chi connectivity index (χ0v) is 14.8. The number of hydrogen-bond acceptors (Lipinski definition) is 4. The van der Waals surface area contributed by atoms with Gasteiger partial charge in [0.25, 0.3) is 5.91 Å². The van der Waals surface area contributed by atoms with Gasteiger partial charge in [-0.15, -0.1) is 11.3 Å². The Bertz CT molecular complexity index is 751. The number of benzene rings is 1. The van der Waals surface area contributed by atoms with Gasteiger partial charge in [0, 0.05) is 37.5 Å². The molecular weight excluding hydrogens is 341 g/mol. The molecule has 1 aliphatic heterocycles. The third kappa shape index (κ3) is 4.04. The number of piperidine rings is 1. The summed E-state index contributed by atoms with van der Waals surface area (Å²) in [6, 6.07) is 5.81. The summed E-state index contributed by atoms with van der Waals surface area (Å²) in [7, 11) is 0. The van der Waals surface area contributed by atoms with E-state index >= 15 is 0 Å². The summed E-state index contributed by atoms with van der Waals surface area (Å²) in [5.41, 5.74) is 0.0912. The van der Waals surface area contributed by atoms with Gasteiger partial charge in [-0.3, -0.25) is 9.59 Å². The van der Waals surface area contributed by atoms with Gasteiger partial charge in [-0.2, -0.15) is 0 Å². The van der Waals surface area contributed by atoms with Crippen LogP contribution < -0.4 is 5.32 Å². The minimum absolute atomic E-state index is 0.0551. The molecule has 2 atom stereocenters. The second-order valence-corrected chi connectivity index (χ2v) is 7.11. The third-order valence-corrected chi connectivity index (χ3v) is 5.26. The summed E-state index contributed by atoms with van der Waals surface area (Å²) in [4.78, 5) is 30.3. The van der Waals surface area contributed by atoms with Crippen LogP contribution in [0.1, 0.15) is 41.2 Å². The highest BCUT2D eigenvalue weighted by Gasteiger charge is 2.33. The molecule has 3 rings (SSSR count). The van der Waals surface area contributed by atoms with Gasteiger partial charge in [0.15, 0.2) is 0 Å². The van der Waals surface area contributed by atoms with Gasteiger partial charge in [0.1, 0.15) is 10.8 Å². The lowest BCUT2D eigenvalue weighted by molar-refractivity contribution is -0.120. The molecule has 1 aromatic heterocycles. The maximum atomic E-state index is 13.9. The van der Waals surface area contributed by atoms with E-state index in [4.69, 9.17) is 0 Å². The van der Waals surface area contributed by atoms with Crippen LogP contribution in [0.2, 0.25) is 0 Å². The molecule has 2 amide bonds. The first-order valence-electron chi connectivity index (χ1n) is 8.26. The molecule has 0 unspecified atom stereocenters. The molecule has 1 N–H and O–H groups in total. The molecule has 132 valence electrons. The number of hydrogen-bond donors (Lipinski definition) is 1. The van der Waals surface area contributed by atoms with Crippen molar-refractivity contribution >= 4 is 23.2 Å². The quantitative estimate of drug-likeness (QED) is 0.911. The summed E-state index contributed by atoms with van der Waals surface area (Å²) in [6.45, 7) is 2.54. The molecule has 0 bridgehead atoms. The minimum Gasteiger partial charge on any atom is -0.347 e. The van der Waals surface area contributed by atoms with Gasteiger partial charge >= 0.3 is 0 Å². The van der Waals surface area contributed by atoms with Crippen LogP contribution in [0.25, 0.3) is 0 Å². The number of nitrogens with one attached hydrogen (secondary N) is 1. The Hall–Kier alpha value is -2.28. The number of halogens is 1. The zero-order chi connectivity index (χ0) is 17.8. The largest absolute Gasteiger partial charge is 0.347 e. The van der Waals surface area contributed by atoms with Crippen molar-refractivity contribution in [2.24, 2.45) is 5.92 Å². The van der Waals surface area contributed by atoms with Crippen molar-refractivity contribution in [2.45, 2.75) is 25.8 Å². The van der Waals surface area contributed by atoms with E-state index in [2.05, 4.69) is 10.3 Å². The van der Waals surface area contributed by atoms with E-state index in [1.807, 2.05) is 5.38 Å². The summed E-state index contributed by atoms with van der Waals surface area (Å²) < 4.78 is 13.9. The SMILES string of the molecule is CC(=O)N[C@@H](c1nccs1)[C@@H]1CCCN(C(=O)c2ccccc2F)C1. The molecule has 25 heavy (non-hydrogen) atoms. The van der Waals surface area contributed by atoms with Gasteiger partial charge < -0.3 is 10.2 Å². The van der Waals surface area contributed by atoms with E-state index in [-0.39, 0.29) is 29.3 Å². The summed E-state index contributed by atoms with van der Waals surface area (Å²) in [6.07, 6.45) is 3.40. The molecule has 0 radical (unpaired) electrons. The van der Waals surface area contributed by atoms with E-state index < -0.39 is 5.82 Å². The van der Waals surface area contributed by atoms with Crippen LogP contribution in [-0.4, -0.2) is 34.8 Å². The molecule has 0 saturated carbocycles. The first-order valence-corrected chi connectivity index (χ1v) is 9.14. The van der Waals surface area contributed by atoms with Crippen molar-refractivity contribution in [1.82, 2.24) is 15.2 Å². The fraction of sp³-hybridized carbons (Fsp3) is 0.389. The van der Waals surface area contributed by atoms with Crippen molar-refractivity contribution in [3.05, 3.63) is 52.2 Å². The average molecular weight is 361 g/mol. The molecule has 1 saturated heterocycles. The molecule has 1 aromatic carbocycles. The van der Waals surface area contributed by atoms with Gasteiger partial charge in [-0.05, 0) is 25.0 Å². The van der Waals surface area contributed by atoms with Crippen molar-refractivity contribution < 1.29 is 14.0 Å². The minimum atomic E-state index is -0.507. The number of aromatic nitrogens is 1. The molecule has 0 aliphatic carbocycles. The number of carbonyl (C=O) groups is 2.